The molecule has 0 aliphatic heterocycles. The molecule has 19 heavy (non-hydrogen) atoms. The molecule has 110 valence electrons. The number of sulfonamides is 1. The van der Waals surface area contributed by atoms with Gasteiger partial charge in [-0.2, -0.15) is 4.31 Å². The van der Waals surface area contributed by atoms with Crippen LogP contribution in [-0.4, -0.2) is 48.3 Å². The van der Waals surface area contributed by atoms with Crippen molar-refractivity contribution in [2.24, 2.45) is 5.73 Å². The molecule has 0 aromatic carbocycles. The van der Waals surface area contributed by atoms with Crippen LogP contribution in [0.25, 0.3) is 0 Å². The summed E-state index contributed by atoms with van der Waals surface area (Å²) in [7, 11) is -4.03. The third-order valence-electron chi connectivity index (χ3n) is 2.62. The summed E-state index contributed by atoms with van der Waals surface area (Å²) in [6.07, 6.45) is -1.41. The summed E-state index contributed by atoms with van der Waals surface area (Å²) in [5, 5.41) is -0.221. The maximum atomic E-state index is 12.4. The fraction of sp³-hybridized carbons (Fsp3) is 0.700. The van der Waals surface area contributed by atoms with Crippen LogP contribution in [0.4, 0.5) is 8.78 Å². The summed E-state index contributed by atoms with van der Waals surface area (Å²) >= 11 is 0. The van der Waals surface area contributed by atoms with Gasteiger partial charge in [-0.3, -0.25) is 0 Å². The maximum absolute atomic E-state index is 12.4. The molecule has 0 atom stereocenters. The molecule has 0 saturated carbocycles. The van der Waals surface area contributed by atoms with E-state index in [4.69, 9.17) is 5.73 Å². The summed E-state index contributed by atoms with van der Waals surface area (Å²) in [4.78, 5) is 3.91. The van der Waals surface area contributed by atoms with Crippen molar-refractivity contribution >= 4 is 10.0 Å². The van der Waals surface area contributed by atoms with Crippen molar-refractivity contribution in [2.75, 3.05) is 19.6 Å². The number of nitrogens with two attached hydrogens (primary N) is 1. The van der Waals surface area contributed by atoms with Crippen LogP contribution in [0, 0.1) is 6.92 Å². The Kier molecular flexibility index (Phi) is 5.39. The minimum absolute atomic E-state index is 0.0284. The van der Waals surface area contributed by atoms with Crippen molar-refractivity contribution in [2.45, 2.75) is 31.8 Å². The molecule has 1 heterocycles. The highest BCUT2D eigenvalue weighted by molar-refractivity contribution is 7.89. The summed E-state index contributed by atoms with van der Waals surface area (Å²) in [5.74, 6) is 0.519. The average Bonchev–Trinajstić information content (AvgIpc) is 2.70. The standard InChI is InChI=1S/C10H18F2N4O2S/c1-3-15-7-10(14-8(15)2)19(17,18)16(5-4-13)6-9(11)12/h7,9H,3-6,13H2,1-2H3. The van der Waals surface area contributed by atoms with Crippen LogP contribution in [0.2, 0.25) is 0 Å². The first kappa shape index (κ1) is 16.0. The summed E-state index contributed by atoms with van der Waals surface area (Å²) in [5.41, 5.74) is 5.26. The Morgan fingerprint density at radius 3 is 2.58 bits per heavy atom. The fourth-order valence-corrected chi connectivity index (χ4v) is 3.09. The zero-order valence-electron chi connectivity index (χ0n) is 10.9. The first-order valence-corrected chi connectivity index (χ1v) is 7.29. The van der Waals surface area contributed by atoms with Gasteiger partial charge >= 0.3 is 0 Å². The van der Waals surface area contributed by atoms with Gasteiger partial charge in [0, 0.05) is 25.8 Å². The van der Waals surface area contributed by atoms with Gasteiger partial charge in [0.15, 0.2) is 5.03 Å². The Morgan fingerprint density at radius 2 is 2.16 bits per heavy atom. The van der Waals surface area contributed by atoms with E-state index < -0.39 is 23.0 Å². The Balaban J connectivity index is 3.10. The van der Waals surface area contributed by atoms with Crippen molar-refractivity contribution in [3.63, 3.8) is 0 Å². The molecular formula is C10H18F2N4O2S. The monoisotopic (exact) mass is 296 g/mol. The number of aryl methyl sites for hydroxylation is 2. The van der Waals surface area contributed by atoms with Gasteiger partial charge in [-0.1, -0.05) is 0 Å². The van der Waals surface area contributed by atoms with Crippen molar-refractivity contribution in [3.05, 3.63) is 12.0 Å². The Hall–Kier alpha value is -1.06. The van der Waals surface area contributed by atoms with Gasteiger partial charge < -0.3 is 10.3 Å². The SMILES string of the molecule is CCn1cc(S(=O)(=O)N(CCN)CC(F)F)nc1C. The van der Waals surface area contributed by atoms with Crippen molar-refractivity contribution in [3.8, 4) is 0 Å². The van der Waals surface area contributed by atoms with Crippen molar-refractivity contribution < 1.29 is 17.2 Å². The summed E-state index contributed by atoms with van der Waals surface area (Å²) in [6.45, 7) is 2.98. The highest BCUT2D eigenvalue weighted by atomic mass is 32.2. The minimum atomic E-state index is -4.03. The van der Waals surface area contributed by atoms with Gasteiger partial charge in [0.25, 0.3) is 16.4 Å². The predicted octanol–water partition coefficient (Wildman–Crippen LogP) is 0.426. The maximum Gasteiger partial charge on any atom is 0.262 e. The van der Waals surface area contributed by atoms with E-state index in [9.17, 15) is 17.2 Å². The van der Waals surface area contributed by atoms with Crippen LogP contribution < -0.4 is 5.73 Å². The van der Waals surface area contributed by atoms with E-state index in [0.717, 1.165) is 0 Å². The molecule has 0 saturated heterocycles. The number of imidazole rings is 1. The molecule has 1 aromatic heterocycles. The van der Waals surface area contributed by atoms with Gasteiger partial charge in [-0.15, -0.1) is 0 Å². The van der Waals surface area contributed by atoms with E-state index in [-0.39, 0.29) is 18.1 Å². The molecular weight excluding hydrogens is 278 g/mol. The highest BCUT2D eigenvalue weighted by Gasteiger charge is 2.29. The molecule has 0 unspecified atom stereocenters. The number of nitrogens with zero attached hydrogens (tertiary/aromatic N) is 3. The molecule has 2 N–H and O–H groups in total. The minimum Gasteiger partial charge on any atom is -0.334 e. The van der Waals surface area contributed by atoms with Crippen LogP contribution in [0.15, 0.2) is 11.2 Å². The fourth-order valence-electron chi connectivity index (χ4n) is 1.66. The largest absolute Gasteiger partial charge is 0.334 e. The third kappa shape index (κ3) is 3.71. The van der Waals surface area contributed by atoms with Gasteiger partial charge in [-0.05, 0) is 13.8 Å². The van der Waals surface area contributed by atoms with E-state index in [0.29, 0.717) is 16.7 Å². The first-order chi connectivity index (χ1) is 8.82. The van der Waals surface area contributed by atoms with Gasteiger partial charge in [-0.25, -0.2) is 22.2 Å². The quantitative estimate of drug-likeness (QED) is 0.791. The third-order valence-corrected chi connectivity index (χ3v) is 4.36. The molecule has 0 aliphatic rings. The number of hydrogen-bond acceptors (Lipinski definition) is 4. The molecule has 9 heteroatoms. The predicted molar refractivity (Wildman–Crippen MR) is 66.5 cm³/mol. The van der Waals surface area contributed by atoms with E-state index in [1.807, 2.05) is 6.92 Å². The lowest BCUT2D eigenvalue weighted by Crippen LogP contribution is -2.38. The molecule has 0 aliphatic carbocycles. The first-order valence-electron chi connectivity index (χ1n) is 5.85. The molecule has 0 bridgehead atoms. The zero-order valence-corrected chi connectivity index (χ0v) is 11.7. The van der Waals surface area contributed by atoms with Crippen LogP contribution in [0.1, 0.15) is 12.7 Å². The van der Waals surface area contributed by atoms with E-state index in [1.165, 1.54) is 6.20 Å². The number of alkyl halides is 2. The average molecular weight is 296 g/mol. The summed E-state index contributed by atoms with van der Waals surface area (Å²) < 4.78 is 51.6. The number of aromatic nitrogens is 2. The highest BCUT2D eigenvalue weighted by Crippen LogP contribution is 2.16. The second kappa shape index (κ2) is 6.40. The van der Waals surface area contributed by atoms with E-state index in [2.05, 4.69) is 4.98 Å². The Labute approximate surface area is 111 Å². The topological polar surface area (TPSA) is 81.2 Å². The lowest BCUT2D eigenvalue weighted by Gasteiger charge is -2.19. The lowest BCUT2D eigenvalue weighted by atomic mass is 10.6. The van der Waals surface area contributed by atoms with Crippen LogP contribution in [0.5, 0.6) is 0 Å². The zero-order chi connectivity index (χ0) is 14.6. The molecule has 0 spiro atoms. The lowest BCUT2D eigenvalue weighted by molar-refractivity contribution is 0.120. The van der Waals surface area contributed by atoms with Gasteiger partial charge in [0.2, 0.25) is 0 Å². The summed E-state index contributed by atoms with van der Waals surface area (Å²) in [6, 6.07) is 0. The van der Waals surface area contributed by atoms with Crippen LogP contribution in [0.3, 0.4) is 0 Å². The van der Waals surface area contributed by atoms with Crippen molar-refractivity contribution in [1.82, 2.24) is 13.9 Å². The second-order valence-corrected chi connectivity index (χ2v) is 5.84. The normalized spacial score (nSPS) is 12.6. The molecule has 1 rings (SSSR count). The molecule has 1 aromatic rings. The molecule has 6 nitrogen and oxygen atoms in total. The molecule has 0 fully saturated rings. The van der Waals surface area contributed by atoms with E-state index in [1.54, 1.807) is 11.5 Å². The smallest absolute Gasteiger partial charge is 0.262 e. The van der Waals surface area contributed by atoms with Crippen LogP contribution in [-0.2, 0) is 16.6 Å². The van der Waals surface area contributed by atoms with Gasteiger partial charge in [0.1, 0.15) is 5.82 Å². The Morgan fingerprint density at radius 1 is 1.53 bits per heavy atom. The molecule has 0 amide bonds. The molecule has 0 radical (unpaired) electrons. The second-order valence-electron chi connectivity index (χ2n) is 3.96. The van der Waals surface area contributed by atoms with Crippen LogP contribution >= 0.6 is 0 Å². The number of halogens is 2. The number of hydrogen-bond donors (Lipinski definition) is 1. The van der Waals surface area contributed by atoms with E-state index >= 15 is 0 Å². The Bertz CT molecular complexity index is 516. The van der Waals surface area contributed by atoms with Gasteiger partial charge in [0.05, 0.1) is 6.54 Å². The number of rotatable bonds is 7. The van der Waals surface area contributed by atoms with Crippen molar-refractivity contribution in [1.29, 1.82) is 0 Å².